The topological polar surface area (TPSA) is 78.4 Å². The predicted octanol–water partition coefficient (Wildman–Crippen LogP) is 1.35. The molecule has 0 bridgehead atoms. The largest absolute Gasteiger partial charge is 0.391 e. The lowest BCUT2D eigenvalue weighted by Crippen LogP contribution is -2.45. The third-order valence-corrected chi connectivity index (χ3v) is 3.62. The fourth-order valence-corrected chi connectivity index (χ4v) is 2.27. The third-order valence-electron chi connectivity index (χ3n) is 3.62. The van der Waals surface area contributed by atoms with Crippen LogP contribution in [0.25, 0.3) is 0 Å². The van der Waals surface area contributed by atoms with Crippen LogP contribution in [0.2, 0.25) is 0 Å². The summed E-state index contributed by atoms with van der Waals surface area (Å²) in [7, 11) is 0. The van der Waals surface area contributed by atoms with E-state index in [1.54, 1.807) is 0 Å². The summed E-state index contributed by atoms with van der Waals surface area (Å²) in [6.45, 7) is 6.09. The van der Waals surface area contributed by atoms with Crippen LogP contribution in [0.15, 0.2) is 0 Å². The van der Waals surface area contributed by atoms with Gasteiger partial charge in [0, 0.05) is 18.4 Å². The van der Waals surface area contributed by atoms with Crippen molar-refractivity contribution in [3.8, 4) is 0 Å². The van der Waals surface area contributed by atoms with E-state index in [4.69, 9.17) is 0 Å². The Morgan fingerprint density at radius 1 is 1.20 bits per heavy atom. The van der Waals surface area contributed by atoms with E-state index in [0.29, 0.717) is 19.4 Å². The Morgan fingerprint density at radius 2 is 1.85 bits per heavy atom. The highest BCUT2D eigenvalue weighted by Crippen LogP contribution is 2.18. The molecule has 0 aromatic rings. The van der Waals surface area contributed by atoms with E-state index in [2.05, 4.69) is 10.6 Å². The molecule has 1 rings (SSSR count). The van der Waals surface area contributed by atoms with Crippen molar-refractivity contribution in [1.82, 2.24) is 10.6 Å². The van der Waals surface area contributed by atoms with Gasteiger partial charge in [-0.05, 0) is 19.3 Å². The highest BCUT2D eigenvalue weighted by Gasteiger charge is 2.24. The van der Waals surface area contributed by atoms with Crippen molar-refractivity contribution >= 4 is 11.8 Å². The molecule has 0 aromatic carbocycles. The standard InChI is InChI=1S/C15H28N2O3/c1-15(2,3)14(20)16-10-6-9-13(19)17-11-7-4-5-8-12(11)18/h11-12,18H,4-10H2,1-3H3,(H,16,20)(H,17,19)/t11-,12-/m1/s1. The summed E-state index contributed by atoms with van der Waals surface area (Å²) in [5.74, 6) is -0.0402. The first-order valence-electron chi connectivity index (χ1n) is 7.56. The van der Waals surface area contributed by atoms with Gasteiger partial charge in [0.05, 0.1) is 12.1 Å². The minimum absolute atomic E-state index is 0.000566. The van der Waals surface area contributed by atoms with Crippen LogP contribution in [0.5, 0.6) is 0 Å². The van der Waals surface area contributed by atoms with Gasteiger partial charge in [-0.15, -0.1) is 0 Å². The first kappa shape index (κ1) is 17.0. The maximum atomic E-state index is 11.8. The molecule has 3 N–H and O–H groups in total. The molecule has 0 radical (unpaired) electrons. The van der Waals surface area contributed by atoms with Gasteiger partial charge in [-0.25, -0.2) is 0 Å². The van der Waals surface area contributed by atoms with E-state index in [1.165, 1.54) is 0 Å². The Bertz CT molecular complexity index is 337. The van der Waals surface area contributed by atoms with Crippen molar-refractivity contribution in [1.29, 1.82) is 0 Å². The molecule has 1 saturated carbocycles. The number of aliphatic hydroxyl groups excluding tert-OH is 1. The number of nitrogens with one attached hydrogen (secondary N) is 2. The average molecular weight is 284 g/mol. The van der Waals surface area contributed by atoms with Gasteiger partial charge < -0.3 is 15.7 Å². The van der Waals surface area contributed by atoms with Crippen LogP contribution < -0.4 is 10.6 Å². The Labute approximate surface area is 121 Å². The van der Waals surface area contributed by atoms with Crippen molar-refractivity contribution < 1.29 is 14.7 Å². The molecule has 1 fully saturated rings. The van der Waals surface area contributed by atoms with Gasteiger partial charge in [0.1, 0.15) is 0 Å². The van der Waals surface area contributed by atoms with E-state index in [0.717, 1.165) is 25.7 Å². The van der Waals surface area contributed by atoms with Crippen molar-refractivity contribution in [3.05, 3.63) is 0 Å². The summed E-state index contributed by atoms with van der Waals surface area (Å²) in [5, 5.41) is 15.5. The normalized spacial score (nSPS) is 23.2. The molecule has 20 heavy (non-hydrogen) atoms. The molecule has 116 valence electrons. The van der Waals surface area contributed by atoms with Gasteiger partial charge in [-0.1, -0.05) is 33.6 Å². The zero-order chi connectivity index (χ0) is 15.2. The molecule has 5 heteroatoms. The molecule has 2 atom stereocenters. The summed E-state index contributed by atoms with van der Waals surface area (Å²) in [6, 6.07) is -0.0968. The minimum atomic E-state index is -0.409. The third kappa shape index (κ3) is 5.90. The smallest absolute Gasteiger partial charge is 0.225 e. The lowest BCUT2D eigenvalue weighted by Gasteiger charge is -2.28. The molecule has 0 aliphatic heterocycles. The summed E-state index contributed by atoms with van der Waals surface area (Å²) in [6.07, 6.45) is 4.31. The Balaban J connectivity index is 2.16. The van der Waals surface area contributed by atoms with Gasteiger partial charge in [0.2, 0.25) is 11.8 Å². The number of aliphatic hydroxyl groups is 1. The summed E-state index contributed by atoms with van der Waals surface area (Å²) in [5.41, 5.74) is -0.394. The second kappa shape index (κ2) is 7.62. The molecular weight excluding hydrogens is 256 g/mol. The SMILES string of the molecule is CC(C)(C)C(=O)NCCCC(=O)N[C@@H]1CCCC[C@H]1O. The molecule has 0 spiro atoms. The van der Waals surface area contributed by atoms with E-state index in [9.17, 15) is 14.7 Å². The monoisotopic (exact) mass is 284 g/mol. The lowest BCUT2D eigenvalue weighted by atomic mass is 9.92. The highest BCUT2D eigenvalue weighted by atomic mass is 16.3. The maximum absolute atomic E-state index is 11.8. The molecule has 5 nitrogen and oxygen atoms in total. The summed E-state index contributed by atoms with van der Waals surface area (Å²) >= 11 is 0. The van der Waals surface area contributed by atoms with E-state index in [1.807, 2.05) is 20.8 Å². The Hall–Kier alpha value is -1.10. The first-order chi connectivity index (χ1) is 9.30. The van der Waals surface area contributed by atoms with Crippen LogP contribution in [-0.4, -0.2) is 35.6 Å². The van der Waals surface area contributed by atoms with Gasteiger partial charge in [0.15, 0.2) is 0 Å². The molecule has 0 unspecified atom stereocenters. The van der Waals surface area contributed by atoms with E-state index in [-0.39, 0.29) is 17.9 Å². The van der Waals surface area contributed by atoms with Crippen LogP contribution >= 0.6 is 0 Å². The van der Waals surface area contributed by atoms with E-state index < -0.39 is 11.5 Å². The van der Waals surface area contributed by atoms with Crippen LogP contribution in [0.3, 0.4) is 0 Å². The fourth-order valence-electron chi connectivity index (χ4n) is 2.27. The summed E-state index contributed by atoms with van der Waals surface area (Å²) < 4.78 is 0. The van der Waals surface area contributed by atoms with Gasteiger partial charge in [0.25, 0.3) is 0 Å². The number of hydrogen-bond acceptors (Lipinski definition) is 3. The van der Waals surface area contributed by atoms with Crippen molar-refractivity contribution in [2.75, 3.05) is 6.54 Å². The van der Waals surface area contributed by atoms with Crippen LogP contribution in [-0.2, 0) is 9.59 Å². The number of rotatable bonds is 5. The zero-order valence-electron chi connectivity index (χ0n) is 12.9. The van der Waals surface area contributed by atoms with Crippen molar-refractivity contribution in [2.24, 2.45) is 5.41 Å². The average Bonchev–Trinajstić information content (AvgIpc) is 2.36. The predicted molar refractivity (Wildman–Crippen MR) is 78.1 cm³/mol. The van der Waals surface area contributed by atoms with E-state index >= 15 is 0 Å². The molecule has 1 aliphatic rings. The molecular formula is C15H28N2O3. The molecule has 2 amide bonds. The molecule has 0 aromatic heterocycles. The highest BCUT2D eigenvalue weighted by molar-refractivity contribution is 5.81. The number of hydrogen-bond donors (Lipinski definition) is 3. The zero-order valence-corrected chi connectivity index (χ0v) is 12.9. The van der Waals surface area contributed by atoms with Gasteiger partial charge in [-0.3, -0.25) is 9.59 Å². The summed E-state index contributed by atoms with van der Waals surface area (Å²) in [4.78, 5) is 23.4. The number of carbonyl (C=O) groups excluding carboxylic acids is 2. The Morgan fingerprint density at radius 3 is 2.45 bits per heavy atom. The second-order valence-corrected chi connectivity index (χ2v) is 6.64. The second-order valence-electron chi connectivity index (χ2n) is 6.64. The van der Waals surface area contributed by atoms with Crippen LogP contribution in [0, 0.1) is 5.41 Å². The quantitative estimate of drug-likeness (QED) is 0.667. The Kier molecular flexibility index (Phi) is 6.46. The first-order valence-corrected chi connectivity index (χ1v) is 7.56. The molecule has 0 saturated heterocycles. The lowest BCUT2D eigenvalue weighted by molar-refractivity contribution is -0.129. The minimum Gasteiger partial charge on any atom is -0.391 e. The number of carbonyl (C=O) groups is 2. The molecule has 0 heterocycles. The number of amides is 2. The van der Waals surface area contributed by atoms with Crippen LogP contribution in [0.1, 0.15) is 59.3 Å². The van der Waals surface area contributed by atoms with Crippen molar-refractivity contribution in [3.63, 3.8) is 0 Å². The van der Waals surface area contributed by atoms with Crippen molar-refractivity contribution in [2.45, 2.75) is 71.4 Å². The van der Waals surface area contributed by atoms with Gasteiger partial charge >= 0.3 is 0 Å². The maximum Gasteiger partial charge on any atom is 0.225 e. The van der Waals surface area contributed by atoms with Crippen LogP contribution in [0.4, 0.5) is 0 Å². The fraction of sp³-hybridized carbons (Fsp3) is 0.867. The van der Waals surface area contributed by atoms with Gasteiger partial charge in [-0.2, -0.15) is 0 Å². The molecule has 1 aliphatic carbocycles.